The van der Waals surface area contributed by atoms with Crippen molar-refractivity contribution in [3.8, 4) is 0 Å². The lowest BCUT2D eigenvalue weighted by Gasteiger charge is -2.03. The quantitative estimate of drug-likeness (QED) is 0.0406. The minimum absolute atomic E-state index is 1.16. The largest absolute Gasteiger partial charge is 0.0897 e. The molecule has 0 saturated carbocycles. The summed E-state index contributed by atoms with van der Waals surface area (Å²) in [5.74, 6) is 2.33. The second-order valence-corrected chi connectivity index (χ2v) is 14.8. The molecule has 238 valence electrons. The molecule has 2 heteroatoms. The van der Waals surface area contributed by atoms with Gasteiger partial charge >= 0.3 is 0 Å². The van der Waals surface area contributed by atoms with Gasteiger partial charge in [-0.1, -0.05) is 227 Å². The lowest BCUT2D eigenvalue weighted by atomic mass is 10.0. The molecule has 0 bridgehead atoms. The van der Waals surface area contributed by atoms with Crippen molar-refractivity contribution in [3.05, 3.63) is 24.3 Å². The first-order valence-corrected chi connectivity index (χ1v) is 20.9. The molecule has 0 amide bonds. The predicted octanol–water partition coefficient (Wildman–Crippen LogP) is 15.2. The zero-order chi connectivity index (χ0) is 28.9. The van der Waals surface area contributed by atoms with Crippen LogP contribution in [0.3, 0.4) is 0 Å². The minimum atomic E-state index is 1.16. The first-order valence-electron chi connectivity index (χ1n) is 18.5. The average Bonchev–Trinajstić information content (AvgIpc) is 2.97. The summed E-state index contributed by atoms with van der Waals surface area (Å²) in [7, 11) is 4.02. The number of hydrogen-bond donors (Lipinski definition) is 0. The Morgan fingerprint density at radius 2 is 0.500 bits per heavy atom. The van der Waals surface area contributed by atoms with Crippen molar-refractivity contribution in [2.45, 2.75) is 206 Å². The van der Waals surface area contributed by atoms with E-state index in [1.165, 1.54) is 193 Å². The molecule has 0 atom stereocenters. The van der Waals surface area contributed by atoms with Crippen LogP contribution in [0.1, 0.15) is 206 Å². The fourth-order valence-corrected chi connectivity index (χ4v) is 7.13. The third kappa shape index (κ3) is 38.2. The molecule has 0 nitrogen and oxygen atoms in total. The standard InChI is InChI=1S/C38H74S2/c1-3-5-7-9-11-13-15-17-19-21-23-25-27-29-31-33-35-37-39-40-38-36-34-32-30-28-26-24-22-20-18-16-14-12-10-8-6-4-2/h33-36H,3-32,37-38H2,1-2H3. The van der Waals surface area contributed by atoms with Gasteiger partial charge in [0.2, 0.25) is 0 Å². The molecule has 0 N–H and O–H groups in total. The van der Waals surface area contributed by atoms with Gasteiger partial charge in [-0.3, -0.25) is 0 Å². The topological polar surface area (TPSA) is 0 Å². The highest BCUT2D eigenvalue weighted by Gasteiger charge is 1.95. The molecular weight excluding hydrogens is 521 g/mol. The van der Waals surface area contributed by atoms with E-state index in [-0.39, 0.29) is 0 Å². The Labute approximate surface area is 263 Å². The highest BCUT2D eigenvalue weighted by Crippen LogP contribution is 2.21. The van der Waals surface area contributed by atoms with E-state index in [0.717, 1.165) is 11.5 Å². The van der Waals surface area contributed by atoms with E-state index in [9.17, 15) is 0 Å². The van der Waals surface area contributed by atoms with E-state index < -0.39 is 0 Å². The fourth-order valence-electron chi connectivity index (χ4n) is 5.46. The predicted molar refractivity (Wildman–Crippen MR) is 193 cm³/mol. The Morgan fingerprint density at radius 1 is 0.275 bits per heavy atom. The number of allylic oxidation sites excluding steroid dienone is 2. The molecule has 0 aliphatic carbocycles. The third-order valence-electron chi connectivity index (χ3n) is 8.19. The highest BCUT2D eigenvalue weighted by atomic mass is 33.1. The summed E-state index contributed by atoms with van der Waals surface area (Å²) in [4.78, 5) is 0. The van der Waals surface area contributed by atoms with Crippen molar-refractivity contribution in [1.82, 2.24) is 0 Å². The number of rotatable bonds is 35. The zero-order valence-corrected chi connectivity index (χ0v) is 29.4. The Kier molecular flexibility index (Phi) is 39.4. The molecule has 0 aromatic heterocycles. The summed E-state index contributed by atoms with van der Waals surface area (Å²) in [5.41, 5.74) is 0. The van der Waals surface area contributed by atoms with E-state index in [1.807, 2.05) is 21.6 Å². The van der Waals surface area contributed by atoms with Gasteiger partial charge in [0.25, 0.3) is 0 Å². The molecule has 0 fully saturated rings. The van der Waals surface area contributed by atoms with Gasteiger partial charge in [-0.2, -0.15) is 0 Å². The highest BCUT2D eigenvalue weighted by molar-refractivity contribution is 8.76. The lowest BCUT2D eigenvalue weighted by molar-refractivity contribution is 0.536. The zero-order valence-electron chi connectivity index (χ0n) is 27.8. The number of unbranched alkanes of at least 4 members (excludes halogenated alkanes) is 28. The molecule has 0 spiro atoms. The molecule has 0 aromatic carbocycles. The van der Waals surface area contributed by atoms with Crippen LogP contribution in [0.5, 0.6) is 0 Å². The Balaban J connectivity index is 3.14. The Hall–Kier alpha value is 0.180. The molecule has 0 unspecified atom stereocenters. The van der Waals surface area contributed by atoms with Crippen molar-refractivity contribution in [2.75, 3.05) is 11.5 Å². The maximum absolute atomic E-state index is 2.42. The second-order valence-electron chi connectivity index (χ2n) is 12.3. The average molecular weight is 595 g/mol. The van der Waals surface area contributed by atoms with Gasteiger partial charge < -0.3 is 0 Å². The normalized spacial score (nSPS) is 11.9. The molecule has 0 saturated heterocycles. The van der Waals surface area contributed by atoms with Crippen LogP contribution in [0.2, 0.25) is 0 Å². The molecule has 40 heavy (non-hydrogen) atoms. The monoisotopic (exact) mass is 595 g/mol. The van der Waals surface area contributed by atoms with Crippen molar-refractivity contribution in [2.24, 2.45) is 0 Å². The summed E-state index contributed by atoms with van der Waals surface area (Å²) < 4.78 is 0. The van der Waals surface area contributed by atoms with Gasteiger partial charge in [-0.05, 0) is 25.7 Å². The van der Waals surface area contributed by atoms with E-state index >= 15 is 0 Å². The van der Waals surface area contributed by atoms with Crippen LogP contribution in [0.25, 0.3) is 0 Å². The molecule has 0 aliphatic rings. The molecule has 0 rings (SSSR count). The maximum Gasteiger partial charge on any atom is 0.0217 e. The summed E-state index contributed by atoms with van der Waals surface area (Å²) in [5, 5.41) is 0. The van der Waals surface area contributed by atoms with Gasteiger partial charge in [0.05, 0.1) is 0 Å². The summed E-state index contributed by atoms with van der Waals surface area (Å²) in [6.07, 6.45) is 52.7. The van der Waals surface area contributed by atoms with Gasteiger partial charge in [-0.25, -0.2) is 0 Å². The third-order valence-corrected chi connectivity index (χ3v) is 10.3. The molecule has 0 radical (unpaired) electrons. The van der Waals surface area contributed by atoms with Gasteiger partial charge in [-0.15, -0.1) is 0 Å². The van der Waals surface area contributed by atoms with E-state index in [4.69, 9.17) is 0 Å². The second kappa shape index (κ2) is 39.2. The number of hydrogen-bond acceptors (Lipinski definition) is 2. The summed E-state index contributed by atoms with van der Waals surface area (Å²) in [6, 6.07) is 0. The van der Waals surface area contributed by atoms with Crippen molar-refractivity contribution >= 4 is 21.6 Å². The van der Waals surface area contributed by atoms with Crippen LogP contribution in [-0.2, 0) is 0 Å². The SMILES string of the molecule is CCCCCCCCCCCCCCCCC=CCSSCC=CCCCCCCCCCCCCCCCC. The molecular formula is C38H74S2. The van der Waals surface area contributed by atoms with Crippen molar-refractivity contribution in [1.29, 1.82) is 0 Å². The summed E-state index contributed by atoms with van der Waals surface area (Å²) in [6.45, 7) is 4.61. The first-order chi connectivity index (χ1) is 19.9. The van der Waals surface area contributed by atoms with Crippen LogP contribution in [-0.4, -0.2) is 11.5 Å². The maximum atomic E-state index is 2.42. The van der Waals surface area contributed by atoms with Crippen LogP contribution in [0, 0.1) is 0 Å². The smallest absolute Gasteiger partial charge is 0.0217 e. The molecule has 0 heterocycles. The van der Waals surface area contributed by atoms with Crippen LogP contribution < -0.4 is 0 Å². The lowest BCUT2D eigenvalue weighted by Crippen LogP contribution is -1.83. The Morgan fingerprint density at radius 3 is 0.750 bits per heavy atom. The molecule has 0 aromatic rings. The van der Waals surface area contributed by atoms with Gasteiger partial charge in [0.1, 0.15) is 0 Å². The van der Waals surface area contributed by atoms with Gasteiger partial charge in [0, 0.05) is 11.5 Å². The Bertz CT molecular complexity index is 440. The van der Waals surface area contributed by atoms with E-state index in [0.29, 0.717) is 0 Å². The fraction of sp³-hybridized carbons (Fsp3) is 0.895. The molecule has 0 aliphatic heterocycles. The minimum Gasteiger partial charge on any atom is -0.0897 e. The van der Waals surface area contributed by atoms with E-state index in [1.54, 1.807) is 0 Å². The first kappa shape index (κ1) is 40.2. The van der Waals surface area contributed by atoms with Crippen LogP contribution in [0.15, 0.2) is 24.3 Å². The summed E-state index contributed by atoms with van der Waals surface area (Å²) >= 11 is 0. The van der Waals surface area contributed by atoms with Crippen LogP contribution in [0.4, 0.5) is 0 Å². The van der Waals surface area contributed by atoms with Crippen molar-refractivity contribution < 1.29 is 0 Å². The van der Waals surface area contributed by atoms with Gasteiger partial charge in [0.15, 0.2) is 0 Å². The van der Waals surface area contributed by atoms with Crippen LogP contribution >= 0.6 is 21.6 Å². The van der Waals surface area contributed by atoms with Crippen molar-refractivity contribution in [3.63, 3.8) is 0 Å². The van der Waals surface area contributed by atoms with E-state index in [2.05, 4.69) is 38.2 Å².